The van der Waals surface area contributed by atoms with Gasteiger partial charge in [0, 0.05) is 12.6 Å². The van der Waals surface area contributed by atoms with Gasteiger partial charge >= 0.3 is 5.97 Å². The maximum absolute atomic E-state index is 11.3. The van der Waals surface area contributed by atoms with Crippen LogP contribution in [0.2, 0.25) is 0 Å². The highest BCUT2D eigenvalue weighted by Crippen LogP contribution is 2.31. The van der Waals surface area contributed by atoms with Crippen molar-refractivity contribution in [3.63, 3.8) is 0 Å². The van der Waals surface area contributed by atoms with Gasteiger partial charge in [-0.15, -0.1) is 0 Å². The number of nitrogens with zero attached hydrogens (tertiary/aromatic N) is 1. The minimum Gasteiger partial charge on any atom is -0.480 e. The van der Waals surface area contributed by atoms with Gasteiger partial charge in [0.05, 0.1) is 0 Å². The van der Waals surface area contributed by atoms with Gasteiger partial charge in [-0.1, -0.05) is 12.8 Å². The molecule has 1 aliphatic heterocycles. The number of rotatable bonds is 3. The molecule has 0 spiro atoms. The van der Waals surface area contributed by atoms with Crippen molar-refractivity contribution >= 4 is 5.97 Å². The van der Waals surface area contributed by atoms with Gasteiger partial charge < -0.3 is 10.0 Å². The van der Waals surface area contributed by atoms with Crippen LogP contribution in [0.25, 0.3) is 0 Å². The molecule has 15 heavy (non-hydrogen) atoms. The fourth-order valence-corrected chi connectivity index (χ4v) is 2.84. The van der Waals surface area contributed by atoms with E-state index in [2.05, 4.69) is 17.3 Å². The Hall–Kier alpha value is -0.610. The third-order valence-corrected chi connectivity index (χ3v) is 3.74. The lowest BCUT2D eigenvalue weighted by atomic mass is 9.96. The SMILES string of the molecule is CN1CCC(NC2(C(=O)O)CCCC2)C1. The van der Waals surface area contributed by atoms with Crippen LogP contribution in [-0.2, 0) is 4.79 Å². The molecule has 2 N–H and O–H groups in total. The van der Waals surface area contributed by atoms with Crippen LogP contribution in [0.1, 0.15) is 32.1 Å². The van der Waals surface area contributed by atoms with Gasteiger partial charge in [-0.25, -0.2) is 0 Å². The van der Waals surface area contributed by atoms with Gasteiger partial charge in [-0.05, 0) is 32.9 Å². The zero-order chi connectivity index (χ0) is 10.9. The second-order valence-corrected chi connectivity index (χ2v) is 4.99. The molecule has 1 saturated heterocycles. The monoisotopic (exact) mass is 212 g/mol. The number of likely N-dealkylation sites (N-methyl/N-ethyl adjacent to an activating group) is 1. The maximum atomic E-state index is 11.3. The molecule has 0 amide bonds. The number of hydrogen-bond donors (Lipinski definition) is 2. The molecule has 1 unspecified atom stereocenters. The van der Waals surface area contributed by atoms with E-state index < -0.39 is 11.5 Å². The summed E-state index contributed by atoms with van der Waals surface area (Å²) in [5.41, 5.74) is -0.615. The average molecular weight is 212 g/mol. The van der Waals surface area contributed by atoms with E-state index in [-0.39, 0.29) is 0 Å². The van der Waals surface area contributed by atoms with Crippen LogP contribution in [0, 0.1) is 0 Å². The summed E-state index contributed by atoms with van der Waals surface area (Å²) >= 11 is 0. The molecular weight excluding hydrogens is 192 g/mol. The molecule has 0 bridgehead atoms. The Morgan fingerprint density at radius 1 is 1.47 bits per heavy atom. The second-order valence-electron chi connectivity index (χ2n) is 4.99. The van der Waals surface area contributed by atoms with Crippen molar-refractivity contribution in [1.82, 2.24) is 10.2 Å². The Kier molecular flexibility index (Phi) is 2.98. The Morgan fingerprint density at radius 2 is 2.13 bits per heavy atom. The molecule has 0 aromatic heterocycles. The number of carboxylic acids is 1. The molecule has 1 aliphatic carbocycles. The smallest absolute Gasteiger partial charge is 0.323 e. The minimum atomic E-state index is -0.658. The molecule has 1 atom stereocenters. The largest absolute Gasteiger partial charge is 0.480 e. The lowest BCUT2D eigenvalue weighted by Gasteiger charge is -2.29. The maximum Gasteiger partial charge on any atom is 0.323 e. The van der Waals surface area contributed by atoms with Crippen LogP contribution in [0.5, 0.6) is 0 Å². The summed E-state index contributed by atoms with van der Waals surface area (Å²) in [5.74, 6) is -0.658. The molecule has 1 saturated carbocycles. The molecule has 86 valence electrons. The first-order valence-electron chi connectivity index (χ1n) is 5.82. The lowest BCUT2D eigenvalue weighted by molar-refractivity contribution is -0.145. The van der Waals surface area contributed by atoms with Crippen LogP contribution in [0.15, 0.2) is 0 Å². The highest BCUT2D eigenvalue weighted by molar-refractivity contribution is 5.79. The Labute approximate surface area is 90.6 Å². The van der Waals surface area contributed by atoms with E-state index in [1.54, 1.807) is 0 Å². The molecule has 2 aliphatic rings. The summed E-state index contributed by atoms with van der Waals surface area (Å²) in [6, 6.07) is 0.365. The van der Waals surface area contributed by atoms with Crippen LogP contribution >= 0.6 is 0 Å². The summed E-state index contributed by atoms with van der Waals surface area (Å²) < 4.78 is 0. The summed E-state index contributed by atoms with van der Waals surface area (Å²) in [7, 11) is 2.09. The van der Waals surface area contributed by atoms with Crippen molar-refractivity contribution in [3.05, 3.63) is 0 Å². The Bertz CT molecular complexity index is 249. The van der Waals surface area contributed by atoms with Gasteiger partial charge in [-0.3, -0.25) is 10.1 Å². The molecular formula is C11H20N2O2. The molecule has 0 aromatic carbocycles. The van der Waals surface area contributed by atoms with E-state index in [9.17, 15) is 9.90 Å². The zero-order valence-electron chi connectivity index (χ0n) is 9.33. The third kappa shape index (κ3) is 2.16. The predicted molar refractivity (Wildman–Crippen MR) is 57.9 cm³/mol. The first-order chi connectivity index (χ1) is 7.12. The molecule has 1 heterocycles. The number of carbonyl (C=O) groups is 1. The van der Waals surface area contributed by atoms with Gasteiger partial charge in [0.2, 0.25) is 0 Å². The van der Waals surface area contributed by atoms with Crippen molar-refractivity contribution < 1.29 is 9.90 Å². The van der Waals surface area contributed by atoms with E-state index in [0.717, 1.165) is 45.2 Å². The summed E-state index contributed by atoms with van der Waals surface area (Å²) in [5, 5.41) is 12.7. The van der Waals surface area contributed by atoms with Gasteiger partial charge in [0.15, 0.2) is 0 Å². The molecule has 2 rings (SSSR count). The van der Waals surface area contributed by atoms with E-state index in [0.29, 0.717) is 6.04 Å². The normalized spacial score (nSPS) is 30.9. The Morgan fingerprint density at radius 3 is 2.60 bits per heavy atom. The molecule has 4 nitrogen and oxygen atoms in total. The average Bonchev–Trinajstić information content (AvgIpc) is 2.77. The van der Waals surface area contributed by atoms with Crippen molar-refractivity contribution in [3.8, 4) is 0 Å². The summed E-state index contributed by atoms with van der Waals surface area (Å²) in [6.45, 7) is 2.06. The second kappa shape index (κ2) is 4.10. The quantitative estimate of drug-likeness (QED) is 0.722. The van der Waals surface area contributed by atoms with Crippen LogP contribution < -0.4 is 5.32 Å². The van der Waals surface area contributed by atoms with Gasteiger partial charge in [0.1, 0.15) is 5.54 Å². The molecule has 0 radical (unpaired) electrons. The summed E-state index contributed by atoms with van der Waals surface area (Å²) in [6.07, 6.45) is 4.75. The van der Waals surface area contributed by atoms with E-state index in [1.807, 2.05) is 0 Å². The summed E-state index contributed by atoms with van der Waals surface area (Å²) in [4.78, 5) is 13.6. The fourth-order valence-electron chi connectivity index (χ4n) is 2.84. The fraction of sp³-hybridized carbons (Fsp3) is 0.909. The predicted octanol–water partition coefficient (Wildman–Crippen LogP) is 0.677. The minimum absolute atomic E-state index is 0.365. The van der Waals surface area contributed by atoms with Crippen molar-refractivity contribution in [2.75, 3.05) is 20.1 Å². The highest BCUT2D eigenvalue weighted by atomic mass is 16.4. The van der Waals surface area contributed by atoms with Crippen molar-refractivity contribution in [1.29, 1.82) is 0 Å². The van der Waals surface area contributed by atoms with E-state index in [4.69, 9.17) is 0 Å². The van der Waals surface area contributed by atoms with E-state index >= 15 is 0 Å². The number of likely N-dealkylation sites (tertiary alicyclic amines) is 1. The number of nitrogens with one attached hydrogen (secondary N) is 1. The first-order valence-corrected chi connectivity index (χ1v) is 5.82. The van der Waals surface area contributed by atoms with Crippen LogP contribution in [-0.4, -0.2) is 47.7 Å². The Balaban J connectivity index is 1.98. The molecule has 4 heteroatoms. The van der Waals surface area contributed by atoms with E-state index in [1.165, 1.54) is 0 Å². The van der Waals surface area contributed by atoms with Gasteiger partial charge in [-0.2, -0.15) is 0 Å². The first kappa shape index (κ1) is 10.9. The van der Waals surface area contributed by atoms with Crippen LogP contribution in [0.4, 0.5) is 0 Å². The number of hydrogen-bond acceptors (Lipinski definition) is 3. The lowest BCUT2D eigenvalue weighted by Crippen LogP contribution is -2.54. The number of carboxylic acid groups (broad SMARTS) is 1. The van der Waals surface area contributed by atoms with Crippen molar-refractivity contribution in [2.24, 2.45) is 0 Å². The zero-order valence-corrected chi connectivity index (χ0v) is 9.33. The molecule has 2 fully saturated rings. The number of aliphatic carboxylic acids is 1. The third-order valence-electron chi connectivity index (χ3n) is 3.74. The van der Waals surface area contributed by atoms with Crippen LogP contribution in [0.3, 0.4) is 0 Å². The topological polar surface area (TPSA) is 52.6 Å². The standard InChI is InChI=1S/C11H20N2O2/c1-13-7-4-9(8-13)12-11(10(14)15)5-2-3-6-11/h9,12H,2-8H2,1H3,(H,14,15). The molecule has 0 aromatic rings. The highest BCUT2D eigenvalue weighted by Gasteiger charge is 2.43. The van der Waals surface area contributed by atoms with Gasteiger partial charge in [0.25, 0.3) is 0 Å². The van der Waals surface area contributed by atoms with Crippen molar-refractivity contribution in [2.45, 2.75) is 43.7 Å².